The van der Waals surface area contributed by atoms with Gasteiger partial charge in [0.15, 0.2) is 0 Å². The molecular formula is C14H14BrClN2. The fourth-order valence-electron chi connectivity index (χ4n) is 1.94. The molecule has 0 bridgehead atoms. The van der Waals surface area contributed by atoms with Gasteiger partial charge in [0.1, 0.15) is 0 Å². The summed E-state index contributed by atoms with van der Waals surface area (Å²) in [7, 11) is 0. The van der Waals surface area contributed by atoms with E-state index in [4.69, 9.17) is 17.3 Å². The maximum absolute atomic E-state index is 6.25. The van der Waals surface area contributed by atoms with E-state index in [1.165, 1.54) is 0 Å². The lowest BCUT2D eigenvalue weighted by molar-refractivity contribution is 0.714. The molecule has 1 heterocycles. The third-order valence-electron chi connectivity index (χ3n) is 2.86. The summed E-state index contributed by atoms with van der Waals surface area (Å²) < 4.78 is 0.968. The van der Waals surface area contributed by atoms with Crippen molar-refractivity contribution in [3.05, 3.63) is 62.8 Å². The van der Waals surface area contributed by atoms with Crippen molar-refractivity contribution in [1.29, 1.82) is 0 Å². The molecule has 2 aromatic rings. The van der Waals surface area contributed by atoms with Gasteiger partial charge in [-0.3, -0.25) is 4.98 Å². The molecular weight excluding hydrogens is 312 g/mol. The minimum atomic E-state index is -0.0696. The number of nitrogens with two attached hydrogens (primary N) is 1. The van der Waals surface area contributed by atoms with Crippen LogP contribution in [0.5, 0.6) is 0 Å². The predicted molar refractivity (Wildman–Crippen MR) is 78.8 cm³/mol. The number of benzene rings is 1. The molecule has 18 heavy (non-hydrogen) atoms. The predicted octanol–water partition coefficient (Wildman–Crippen LogP) is 4.05. The number of rotatable bonds is 3. The van der Waals surface area contributed by atoms with Crippen LogP contribution in [0, 0.1) is 6.92 Å². The first kappa shape index (κ1) is 13.5. The van der Waals surface area contributed by atoms with E-state index in [1.807, 2.05) is 37.4 Å². The smallest absolute Gasteiger partial charge is 0.0410 e. The lowest BCUT2D eigenvalue weighted by Crippen LogP contribution is -2.14. The van der Waals surface area contributed by atoms with Crippen molar-refractivity contribution < 1.29 is 0 Å². The minimum Gasteiger partial charge on any atom is -0.324 e. The Labute approximate surface area is 120 Å². The molecule has 2 rings (SSSR count). The van der Waals surface area contributed by atoms with Gasteiger partial charge in [0.05, 0.1) is 0 Å². The van der Waals surface area contributed by atoms with Crippen molar-refractivity contribution in [2.75, 3.05) is 0 Å². The van der Waals surface area contributed by atoms with E-state index in [1.54, 1.807) is 6.20 Å². The fourth-order valence-corrected chi connectivity index (χ4v) is 2.53. The van der Waals surface area contributed by atoms with Crippen molar-refractivity contribution in [3.8, 4) is 0 Å². The lowest BCUT2D eigenvalue weighted by atomic mass is 9.97. The van der Waals surface area contributed by atoms with E-state index in [0.29, 0.717) is 0 Å². The monoisotopic (exact) mass is 324 g/mol. The van der Waals surface area contributed by atoms with E-state index < -0.39 is 0 Å². The molecule has 0 saturated carbocycles. The van der Waals surface area contributed by atoms with Gasteiger partial charge in [-0.05, 0) is 64.2 Å². The van der Waals surface area contributed by atoms with Crippen molar-refractivity contribution in [1.82, 2.24) is 4.98 Å². The first-order valence-corrected chi connectivity index (χ1v) is 6.84. The maximum Gasteiger partial charge on any atom is 0.0410 e. The molecule has 1 unspecified atom stereocenters. The highest BCUT2D eigenvalue weighted by Crippen LogP contribution is 2.23. The topological polar surface area (TPSA) is 38.9 Å². The second kappa shape index (κ2) is 5.83. The van der Waals surface area contributed by atoms with Gasteiger partial charge in [0.25, 0.3) is 0 Å². The summed E-state index contributed by atoms with van der Waals surface area (Å²) in [6.07, 6.45) is 4.35. The van der Waals surface area contributed by atoms with Crippen LogP contribution in [0.3, 0.4) is 0 Å². The molecule has 0 aliphatic rings. The number of hydrogen-bond acceptors (Lipinski definition) is 2. The van der Waals surface area contributed by atoms with E-state index in [2.05, 4.69) is 20.9 Å². The molecule has 1 atom stereocenters. The second-order valence-electron chi connectivity index (χ2n) is 4.32. The fraction of sp³-hybridized carbons (Fsp3) is 0.214. The van der Waals surface area contributed by atoms with Crippen molar-refractivity contribution in [2.24, 2.45) is 5.73 Å². The first-order chi connectivity index (χ1) is 8.56. The van der Waals surface area contributed by atoms with Crippen LogP contribution in [0.1, 0.15) is 22.7 Å². The summed E-state index contributed by atoms with van der Waals surface area (Å²) in [5.41, 5.74) is 9.60. The summed E-state index contributed by atoms with van der Waals surface area (Å²) in [5, 5.41) is 0.721. The van der Waals surface area contributed by atoms with Crippen LogP contribution in [0.2, 0.25) is 5.02 Å². The SMILES string of the molecule is Cc1ccc(Cl)cc1C(N)Cc1cncc(Br)c1. The third kappa shape index (κ3) is 3.31. The number of aryl methyl sites for hydroxylation is 1. The van der Waals surface area contributed by atoms with Crippen LogP contribution in [-0.4, -0.2) is 4.98 Å². The molecule has 0 saturated heterocycles. The number of pyridine rings is 1. The second-order valence-corrected chi connectivity index (χ2v) is 5.68. The largest absolute Gasteiger partial charge is 0.324 e. The lowest BCUT2D eigenvalue weighted by Gasteiger charge is -2.15. The Kier molecular flexibility index (Phi) is 4.38. The molecule has 4 heteroatoms. The van der Waals surface area contributed by atoms with Crippen molar-refractivity contribution in [3.63, 3.8) is 0 Å². The summed E-state index contributed by atoms with van der Waals surface area (Å²) in [4.78, 5) is 4.14. The van der Waals surface area contributed by atoms with Crippen LogP contribution in [0.15, 0.2) is 41.1 Å². The molecule has 0 amide bonds. The van der Waals surface area contributed by atoms with Crippen LogP contribution in [0.25, 0.3) is 0 Å². The quantitative estimate of drug-likeness (QED) is 0.924. The highest BCUT2D eigenvalue weighted by Gasteiger charge is 2.11. The van der Waals surface area contributed by atoms with Crippen LogP contribution < -0.4 is 5.73 Å². The van der Waals surface area contributed by atoms with E-state index in [0.717, 1.165) is 32.6 Å². The Hall–Kier alpha value is -0.900. The maximum atomic E-state index is 6.25. The Morgan fingerprint density at radius 1 is 1.33 bits per heavy atom. The molecule has 0 fully saturated rings. The average molecular weight is 326 g/mol. The van der Waals surface area contributed by atoms with Crippen molar-refractivity contribution >= 4 is 27.5 Å². The zero-order chi connectivity index (χ0) is 13.1. The van der Waals surface area contributed by atoms with Gasteiger partial charge in [-0.25, -0.2) is 0 Å². The Bertz CT molecular complexity index is 557. The van der Waals surface area contributed by atoms with Gasteiger partial charge in [0.2, 0.25) is 0 Å². The highest BCUT2D eigenvalue weighted by atomic mass is 79.9. The molecule has 2 nitrogen and oxygen atoms in total. The van der Waals surface area contributed by atoms with Gasteiger partial charge in [-0.1, -0.05) is 17.7 Å². The molecule has 94 valence electrons. The average Bonchev–Trinajstić information content (AvgIpc) is 2.32. The summed E-state index contributed by atoms with van der Waals surface area (Å²) >= 11 is 9.42. The minimum absolute atomic E-state index is 0.0696. The number of halogens is 2. The normalized spacial score (nSPS) is 12.4. The molecule has 0 spiro atoms. The first-order valence-electron chi connectivity index (χ1n) is 5.67. The molecule has 2 N–H and O–H groups in total. The van der Waals surface area contributed by atoms with Gasteiger partial charge in [-0.15, -0.1) is 0 Å². The highest BCUT2D eigenvalue weighted by molar-refractivity contribution is 9.10. The molecule has 0 aliphatic carbocycles. The van der Waals surface area contributed by atoms with Gasteiger partial charge in [-0.2, -0.15) is 0 Å². The van der Waals surface area contributed by atoms with Crippen LogP contribution in [-0.2, 0) is 6.42 Å². The zero-order valence-electron chi connectivity index (χ0n) is 10.0. The summed E-state index contributed by atoms with van der Waals surface area (Å²) in [6.45, 7) is 2.05. The molecule has 1 aromatic carbocycles. The molecule has 0 radical (unpaired) electrons. The van der Waals surface area contributed by atoms with Gasteiger partial charge in [0, 0.05) is 27.9 Å². The number of hydrogen-bond donors (Lipinski definition) is 1. The Morgan fingerprint density at radius 2 is 2.11 bits per heavy atom. The van der Waals surface area contributed by atoms with Gasteiger partial charge < -0.3 is 5.73 Å². The van der Waals surface area contributed by atoms with Crippen LogP contribution in [0.4, 0.5) is 0 Å². The van der Waals surface area contributed by atoms with E-state index >= 15 is 0 Å². The third-order valence-corrected chi connectivity index (χ3v) is 3.53. The molecule has 1 aromatic heterocycles. The summed E-state index contributed by atoms with van der Waals surface area (Å²) in [5.74, 6) is 0. The Balaban J connectivity index is 2.21. The van der Waals surface area contributed by atoms with Crippen LogP contribution >= 0.6 is 27.5 Å². The van der Waals surface area contributed by atoms with E-state index in [9.17, 15) is 0 Å². The summed E-state index contributed by atoms with van der Waals surface area (Å²) in [6, 6.07) is 7.78. The zero-order valence-corrected chi connectivity index (χ0v) is 12.4. The van der Waals surface area contributed by atoms with Crippen molar-refractivity contribution in [2.45, 2.75) is 19.4 Å². The number of aromatic nitrogens is 1. The standard InChI is InChI=1S/C14H14BrClN2/c1-9-2-3-12(16)6-13(9)14(17)5-10-4-11(15)8-18-7-10/h2-4,6-8,14H,5,17H2,1H3. The number of nitrogens with zero attached hydrogens (tertiary/aromatic N) is 1. The van der Waals surface area contributed by atoms with E-state index in [-0.39, 0.29) is 6.04 Å². The van der Waals surface area contributed by atoms with Gasteiger partial charge >= 0.3 is 0 Å². The molecule has 0 aliphatic heterocycles. The Morgan fingerprint density at radius 3 is 2.83 bits per heavy atom.